The molecule has 2 saturated heterocycles. The number of nitrogens with zero attached hydrogens (tertiary/aromatic N) is 4. The van der Waals surface area contributed by atoms with Crippen molar-refractivity contribution in [2.24, 2.45) is 0 Å². The number of Topliss-reactive ketones (excluding diaryl/α,β-unsaturated/α-hetero) is 2. The minimum atomic E-state index is -0.396. The number of ketones is 2. The molecule has 1 unspecified atom stereocenters. The molecule has 11 nitrogen and oxygen atoms in total. The highest BCUT2D eigenvalue weighted by Crippen LogP contribution is 2.34. The van der Waals surface area contributed by atoms with E-state index >= 15 is 0 Å². The largest absolute Gasteiger partial charge is 0.494 e. The van der Waals surface area contributed by atoms with Crippen LogP contribution in [0.5, 0.6) is 5.75 Å². The highest BCUT2D eigenvalue weighted by atomic mass is 35.5. The number of hydrogen-bond donors (Lipinski definition) is 1. The zero-order valence-corrected chi connectivity index (χ0v) is 29.6. The Kier molecular flexibility index (Phi) is 12.9. The predicted octanol–water partition coefficient (Wildman–Crippen LogP) is 3.73. The zero-order chi connectivity index (χ0) is 34.9. The van der Waals surface area contributed by atoms with Gasteiger partial charge in [-0.25, -0.2) is 0 Å². The molecule has 3 amide bonds. The Morgan fingerprint density at radius 2 is 1.57 bits per heavy atom. The number of ether oxygens (including phenoxy) is 1. The second kappa shape index (κ2) is 17.3. The molecule has 1 atom stereocenters. The van der Waals surface area contributed by atoms with Crippen LogP contribution in [0, 0.1) is 0 Å². The Morgan fingerprint density at radius 3 is 2.27 bits per heavy atom. The number of piperazine rings is 2. The lowest BCUT2D eigenvalue weighted by atomic mass is 9.82. The Hall–Kier alpha value is -3.67. The molecule has 0 radical (unpaired) electrons. The molecule has 264 valence electrons. The minimum Gasteiger partial charge on any atom is -0.494 e. The summed E-state index contributed by atoms with van der Waals surface area (Å²) in [6, 6.07) is 11.6. The Balaban J connectivity index is 1.00. The smallest absolute Gasteiger partial charge is 0.232 e. The van der Waals surface area contributed by atoms with Crippen molar-refractivity contribution in [2.75, 3.05) is 77.0 Å². The molecule has 5 rings (SSSR count). The number of hydrogen-bond acceptors (Lipinski definition) is 8. The molecule has 0 spiro atoms. The van der Waals surface area contributed by atoms with Gasteiger partial charge in [0.25, 0.3) is 0 Å². The van der Waals surface area contributed by atoms with Gasteiger partial charge in [0.1, 0.15) is 23.7 Å². The topological polar surface area (TPSA) is 120 Å². The average molecular weight is 715 g/mol. The summed E-state index contributed by atoms with van der Waals surface area (Å²) < 4.78 is 6.05. The summed E-state index contributed by atoms with van der Waals surface area (Å²) in [5, 5.41) is 4.04. The molecular weight excluding hydrogens is 669 g/mol. The summed E-state index contributed by atoms with van der Waals surface area (Å²) in [5.41, 5.74) is 2.92. The van der Waals surface area contributed by atoms with Gasteiger partial charge >= 0.3 is 0 Å². The van der Waals surface area contributed by atoms with Crippen LogP contribution in [0.3, 0.4) is 0 Å². The molecule has 2 aliphatic heterocycles. The summed E-state index contributed by atoms with van der Waals surface area (Å²) >= 11 is 12.6. The van der Waals surface area contributed by atoms with Crippen molar-refractivity contribution in [3.8, 4) is 5.75 Å². The molecule has 13 heteroatoms. The number of amides is 3. The van der Waals surface area contributed by atoms with E-state index < -0.39 is 5.91 Å². The maximum atomic E-state index is 12.7. The number of fused-ring (bicyclic) bond motifs is 1. The van der Waals surface area contributed by atoms with Gasteiger partial charge in [0.2, 0.25) is 17.7 Å². The monoisotopic (exact) mass is 713 g/mol. The van der Waals surface area contributed by atoms with Crippen LogP contribution in [0.4, 0.5) is 5.69 Å². The molecular formula is C36H45Cl2N5O6. The first-order chi connectivity index (χ1) is 23.6. The number of benzene rings is 2. The maximum Gasteiger partial charge on any atom is 0.232 e. The van der Waals surface area contributed by atoms with Crippen LogP contribution in [0.1, 0.15) is 56.1 Å². The van der Waals surface area contributed by atoms with E-state index in [-0.39, 0.29) is 48.7 Å². The van der Waals surface area contributed by atoms with Gasteiger partial charge in [-0.1, -0.05) is 35.3 Å². The lowest BCUT2D eigenvalue weighted by Crippen LogP contribution is -2.51. The number of rotatable bonds is 13. The van der Waals surface area contributed by atoms with E-state index in [1.807, 2.05) is 30.3 Å². The van der Waals surface area contributed by atoms with Gasteiger partial charge < -0.3 is 24.8 Å². The van der Waals surface area contributed by atoms with E-state index in [2.05, 4.69) is 15.1 Å². The highest BCUT2D eigenvalue weighted by molar-refractivity contribution is 6.43. The fourth-order valence-electron chi connectivity index (χ4n) is 6.73. The van der Waals surface area contributed by atoms with Crippen LogP contribution in [0.15, 0.2) is 36.4 Å². The van der Waals surface area contributed by atoms with Gasteiger partial charge in [0.05, 0.1) is 28.8 Å². The third-order valence-corrected chi connectivity index (χ3v) is 10.2. The highest BCUT2D eigenvalue weighted by Gasteiger charge is 2.28. The number of carbonyl (C=O) groups is 5. The third kappa shape index (κ3) is 10.2. The number of halogens is 2. The summed E-state index contributed by atoms with van der Waals surface area (Å²) in [4.78, 5) is 69.2. The maximum absolute atomic E-state index is 12.7. The van der Waals surface area contributed by atoms with E-state index in [0.29, 0.717) is 55.7 Å². The van der Waals surface area contributed by atoms with E-state index in [1.165, 1.54) is 6.92 Å². The lowest BCUT2D eigenvalue weighted by Gasteiger charge is -2.36. The first kappa shape index (κ1) is 36.6. The van der Waals surface area contributed by atoms with E-state index in [9.17, 15) is 24.0 Å². The van der Waals surface area contributed by atoms with Gasteiger partial charge in [-0.2, -0.15) is 0 Å². The van der Waals surface area contributed by atoms with Crippen LogP contribution in [0.2, 0.25) is 10.0 Å². The standard InChI is InChI=1S/C36H45Cl2N5O6/c1-25(44)19-34(47)42-14-16-43(17-15-42)35(48)23-33(46)39-24-27-21-28(45)20-26-22-29(7-8-30(26)27)49-18-3-2-9-40-10-12-41(13-11-40)32-6-4-5-31(37)36(32)38/h4-8,22,27H,2-3,9-21,23-24H2,1H3,(H,39,46). The van der Waals surface area contributed by atoms with Crippen molar-refractivity contribution in [3.63, 3.8) is 0 Å². The zero-order valence-electron chi connectivity index (χ0n) is 28.1. The van der Waals surface area contributed by atoms with Crippen molar-refractivity contribution in [3.05, 3.63) is 57.6 Å². The molecule has 1 N–H and O–H groups in total. The first-order valence-electron chi connectivity index (χ1n) is 17.1. The molecule has 0 saturated carbocycles. The Labute approximate surface area is 297 Å². The van der Waals surface area contributed by atoms with Crippen molar-refractivity contribution in [2.45, 2.75) is 51.4 Å². The van der Waals surface area contributed by atoms with Crippen molar-refractivity contribution >= 4 is 58.2 Å². The van der Waals surface area contributed by atoms with E-state index in [1.54, 1.807) is 15.9 Å². The number of carbonyl (C=O) groups excluding carboxylic acids is 5. The number of anilines is 1. The predicted molar refractivity (Wildman–Crippen MR) is 188 cm³/mol. The molecule has 0 bridgehead atoms. The molecule has 0 aromatic heterocycles. The molecule has 1 aliphatic carbocycles. The van der Waals surface area contributed by atoms with Crippen LogP contribution in [-0.2, 0) is 30.4 Å². The SMILES string of the molecule is CC(=O)CC(=O)N1CCN(C(=O)CC(=O)NCC2CC(=O)Cc3cc(OCCCCN4CCN(c5cccc(Cl)c5Cl)CC4)ccc32)CC1. The van der Waals surface area contributed by atoms with Crippen LogP contribution >= 0.6 is 23.2 Å². The van der Waals surface area contributed by atoms with Crippen molar-refractivity contribution < 1.29 is 28.7 Å². The third-order valence-electron chi connectivity index (χ3n) is 9.44. The molecule has 49 heavy (non-hydrogen) atoms. The van der Waals surface area contributed by atoms with Crippen LogP contribution in [-0.4, -0.2) is 116 Å². The normalized spacial score (nSPS) is 18.2. The van der Waals surface area contributed by atoms with Crippen LogP contribution in [0.25, 0.3) is 0 Å². The second-order valence-corrected chi connectivity index (χ2v) is 13.8. The number of unbranched alkanes of at least 4 members (excludes halogenated alkanes) is 1. The first-order valence-corrected chi connectivity index (χ1v) is 17.8. The summed E-state index contributed by atoms with van der Waals surface area (Å²) in [6.07, 6.45) is 2.16. The molecule has 2 fully saturated rings. The fraction of sp³-hybridized carbons (Fsp3) is 0.528. The van der Waals surface area contributed by atoms with Gasteiger partial charge in [-0.05, 0) is 61.7 Å². The van der Waals surface area contributed by atoms with E-state index in [0.717, 1.165) is 68.1 Å². The van der Waals surface area contributed by atoms with Gasteiger partial charge in [-0.3, -0.25) is 28.9 Å². The fourth-order valence-corrected chi connectivity index (χ4v) is 7.15. The average Bonchev–Trinajstić information content (AvgIpc) is 3.08. The quantitative estimate of drug-likeness (QED) is 0.247. The molecule has 2 aromatic carbocycles. The van der Waals surface area contributed by atoms with Crippen molar-refractivity contribution in [1.29, 1.82) is 0 Å². The molecule has 3 aliphatic rings. The van der Waals surface area contributed by atoms with Gasteiger partial charge in [0, 0.05) is 77.7 Å². The summed E-state index contributed by atoms with van der Waals surface area (Å²) in [7, 11) is 0. The summed E-state index contributed by atoms with van der Waals surface area (Å²) in [6.45, 7) is 8.28. The number of nitrogens with one attached hydrogen (secondary N) is 1. The molecule has 2 heterocycles. The molecule has 2 aromatic rings. The van der Waals surface area contributed by atoms with Gasteiger partial charge in [0.15, 0.2) is 0 Å². The Morgan fingerprint density at radius 1 is 0.878 bits per heavy atom. The minimum absolute atomic E-state index is 0.106. The second-order valence-electron chi connectivity index (χ2n) is 13.1. The van der Waals surface area contributed by atoms with Gasteiger partial charge in [-0.15, -0.1) is 0 Å². The Bertz CT molecular complexity index is 1540. The lowest BCUT2D eigenvalue weighted by molar-refractivity contribution is -0.143. The van der Waals surface area contributed by atoms with E-state index in [4.69, 9.17) is 27.9 Å². The van der Waals surface area contributed by atoms with Crippen molar-refractivity contribution in [1.82, 2.24) is 20.0 Å². The van der Waals surface area contributed by atoms with Crippen LogP contribution < -0.4 is 15.0 Å². The summed E-state index contributed by atoms with van der Waals surface area (Å²) in [5.74, 6) is -0.465.